The molecular weight excluding hydrogens is 205 g/mol. The van der Waals surface area contributed by atoms with Gasteiger partial charge in [0.05, 0.1) is 5.42 Å². The van der Waals surface area contributed by atoms with Crippen molar-refractivity contribution in [3.63, 3.8) is 0 Å². The number of nitriles is 1. The molecule has 0 saturated carbocycles. The van der Waals surface area contributed by atoms with Gasteiger partial charge in [-0.1, -0.05) is 14.9 Å². The fraction of sp³-hybridized carbons (Fsp3) is 0.364. The van der Waals surface area contributed by atoms with E-state index in [9.17, 15) is 0 Å². The van der Waals surface area contributed by atoms with Crippen LogP contribution in [0.3, 0.4) is 0 Å². The van der Waals surface area contributed by atoms with Gasteiger partial charge in [-0.3, -0.25) is 9.88 Å². The Morgan fingerprint density at radius 1 is 1.60 bits per heavy atom. The molecule has 1 rings (SSSR count). The zero-order valence-corrected chi connectivity index (χ0v) is 9.99. The number of pyridine rings is 1. The van der Waals surface area contributed by atoms with E-state index in [1.54, 1.807) is 4.90 Å². The highest BCUT2D eigenvalue weighted by Gasteiger charge is 2.05. The fourth-order valence-electron chi connectivity index (χ4n) is 1.21. The highest BCUT2D eigenvalue weighted by atomic mass is 31.0. The van der Waals surface area contributed by atoms with Gasteiger partial charge in [0, 0.05) is 24.9 Å². The lowest BCUT2D eigenvalue weighted by Crippen LogP contribution is -2.25. The number of aromatic nitrogens is 1. The monoisotopic (exact) mass is 219 g/mol. The molecule has 0 aliphatic heterocycles. The molecule has 0 saturated heterocycles. The van der Waals surface area contributed by atoms with E-state index in [-0.39, 0.29) is 0 Å². The van der Waals surface area contributed by atoms with Crippen LogP contribution in [0.25, 0.3) is 0 Å². The van der Waals surface area contributed by atoms with E-state index in [0.29, 0.717) is 13.0 Å². The summed E-state index contributed by atoms with van der Waals surface area (Å²) in [5.41, 5.74) is 2.96. The molecule has 0 bridgehead atoms. The smallest absolute Gasteiger partial charge is 0.184 e. The summed E-state index contributed by atoms with van der Waals surface area (Å²) >= 11 is 0. The minimum atomic E-state index is 0.675. The van der Waals surface area contributed by atoms with Crippen molar-refractivity contribution >= 4 is 14.3 Å². The molecular formula is C11H14N3P. The maximum atomic E-state index is 8.83. The van der Waals surface area contributed by atoms with Gasteiger partial charge >= 0.3 is 0 Å². The number of nitrogens with zero attached hydrogens (tertiary/aromatic N) is 3. The van der Waals surface area contributed by atoms with Gasteiger partial charge in [-0.2, -0.15) is 5.26 Å². The maximum Gasteiger partial charge on any atom is 0.184 e. The summed E-state index contributed by atoms with van der Waals surface area (Å²) in [6.07, 6.45) is 4.64. The van der Waals surface area contributed by atoms with E-state index in [4.69, 9.17) is 5.26 Å². The molecule has 1 aromatic heterocycles. The minimum absolute atomic E-state index is 0.675. The zero-order valence-electron chi connectivity index (χ0n) is 8.99. The van der Waals surface area contributed by atoms with Gasteiger partial charge in [0.2, 0.25) is 0 Å². The molecule has 4 heteroatoms. The van der Waals surface area contributed by atoms with Gasteiger partial charge < -0.3 is 0 Å². The molecule has 0 fully saturated rings. The maximum absolute atomic E-state index is 8.83. The fourth-order valence-corrected chi connectivity index (χ4v) is 1.63. The lowest BCUT2D eigenvalue weighted by Gasteiger charge is -2.14. The van der Waals surface area contributed by atoms with Crippen LogP contribution >= 0.6 is 8.86 Å². The minimum Gasteiger partial charge on any atom is -0.280 e. The summed E-state index contributed by atoms with van der Waals surface area (Å²) < 4.78 is 0. The summed E-state index contributed by atoms with van der Waals surface area (Å²) in [6.45, 7) is 4.57. The van der Waals surface area contributed by atoms with Crippen molar-refractivity contribution in [1.29, 1.82) is 5.26 Å². The molecule has 0 N–H and O–H groups in total. The summed E-state index contributed by atoms with van der Waals surface area (Å²) in [7, 11) is 3.47. The largest absolute Gasteiger partial charge is 0.280 e. The SMILES string of the molecule is CCN(C#N)C(=P)Cc1ccc(C)nc1. The van der Waals surface area contributed by atoms with Crippen molar-refractivity contribution in [1.82, 2.24) is 9.88 Å². The van der Waals surface area contributed by atoms with Crippen LogP contribution in [0.5, 0.6) is 0 Å². The van der Waals surface area contributed by atoms with Gasteiger partial charge in [0.15, 0.2) is 6.19 Å². The lowest BCUT2D eigenvalue weighted by molar-refractivity contribution is 0.610. The number of hydrogen-bond donors (Lipinski definition) is 0. The Hall–Kier alpha value is -1.39. The summed E-state index contributed by atoms with van der Waals surface area (Å²) in [6, 6.07) is 3.99. The van der Waals surface area contributed by atoms with Crippen LogP contribution in [0.4, 0.5) is 0 Å². The highest BCUT2D eigenvalue weighted by molar-refractivity contribution is 7.20. The molecule has 78 valence electrons. The molecule has 0 aliphatic rings. The van der Waals surface area contributed by atoms with Gasteiger partial charge in [-0.25, -0.2) is 0 Å². The van der Waals surface area contributed by atoms with Crippen molar-refractivity contribution in [3.05, 3.63) is 29.6 Å². The van der Waals surface area contributed by atoms with Crippen LogP contribution < -0.4 is 0 Å². The lowest BCUT2D eigenvalue weighted by atomic mass is 10.2. The third-order valence-corrected chi connectivity index (χ3v) is 2.55. The van der Waals surface area contributed by atoms with Crippen LogP contribution in [-0.2, 0) is 6.42 Å². The normalized spacial score (nSPS) is 9.40. The Kier molecular flexibility index (Phi) is 4.27. The van der Waals surface area contributed by atoms with Gasteiger partial charge in [0.25, 0.3) is 0 Å². The molecule has 0 aromatic carbocycles. The van der Waals surface area contributed by atoms with E-state index in [1.165, 1.54) is 0 Å². The molecule has 0 amide bonds. The average molecular weight is 219 g/mol. The quantitative estimate of drug-likeness (QED) is 0.442. The number of rotatable bonds is 4. The van der Waals surface area contributed by atoms with Crippen LogP contribution in [0.1, 0.15) is 18.2 Å². The molecule has 0 atom stereocenters. The van der Waals surface area contributed by atoms with Gasteiger partial charge in [0.1, 0.15) is 0 Å². The second kappa shape index (κ2) is 5.48. The third-order valence-electron chi connectivity index (χ3n) is 2.11. The Morgan fingerprint density at radius 3 is 2.80 bits per heavy atom. The zero-order chi connectivity index (χ0) is 11.3. The van der Waals surface area contributed by atoms with Crippen molar-refractivity contribution in [2.45, 2.75) is 20.3 Å². The van der Waals surface area contributed by atoms with E-state index < -0.39 is 0 Å². The van der Waals surface area contributed by atoms with Crippen molar-refractivity contribution < 1.29 is 0 Å². The van der Waals surface area contributed by atoms with Crippen LogP contribution in [-0.4, -0.2) is 21.8 Å². The Balaban J connectivity index is 2.67. The summed E-state index contributed by atoms with van der Waals surface area (Å²) in [5.74, 6) is 0. The third kappa shape index (κ3) is 3.34. The Morgan fingerprint density at radius 2 is 2.33 bits per heavy atom. The second-order valence-corrected chi connectivity index (χ2v) is 3.85. The van der Waals surface area contributed by atoms with Crippen LogP contribution in [0, 0.1) is 18.4 Å². The molecule has 1 heterocycles. The molecule has 0 radical (unpaired) electrons. The van der Waals surface area contributed by atoms with E-state index in [2.05, 4.69) is 20.0 Å². The summed E-state index contributed by atoms with van der Waals surface area (Å²) in [4.78, 5) is 5.81. The van der Waals surface area contributed by atoms with Crippen LogP contribution in [0.15, 0.2) is 18.3 Å². The first-order chi connectivity index (χ1) is 7.17. The first-order valence-electron chi connectivity index (χ1n) is 4.83. The number of hydrogen-bond acceptors (Lipinski definition) is 2. The van der Waals surface area contributed by atoms with E-state index in [0.717, 1.165) is 16.7 Å². The Labute approximate surface area is 92.6 Å². The average Bonchev–Trinajstić information content (AvgIpc) is 2.23. The van der Waals surface area contributed by atoms with Gasteiger partial charge in [-0.05, 0) is 25.5 Å². The van der Waals surface area contributed by atoms with E-state index >= 15 is 0 Å². The predicted octanol–water partition coefficient (Wildman–Crippen LogP) is 2.01. The Bertz CT molecular complexity index is 378. The summed E-state index contributed by atoms with van der Waals surface area (Å²) in [5, 5.41) is 8.83. The van der Waals surface area contributed by atoms with Crippen molar-refractivity contribution in [2.24, 2.45) is 0 Å². The molecule has 15 heavy (non-hydrogen) atoms. The topological polar surface area (TPSA) is 39.9 Å². The molecule has 0 spiro atoms. The number of likely N-dealkylation sites (N-methyl/N-ethyl adjacent to an activating group) is 1. The predicted molar refractivity (Wildman–Crippen MR) is 64.0 cm³/mol. The van der Waals surface area contributed by atoms with Crippen molar-refractivity contribution in [2.75, 3.05) is 6.54 Å². The molecule has 1 aromatic rings. The van der Waals surface area contributed by atoms with Crippen LogP contribution in [0.2, 0.25) is 0 Å². The van der Waals surface area contributed by atoms with Gasteiger partial charge in [-0.15, -0.1) is 0 Å². The first-order valence-corrected chi connectivity index (χ1v) is 5.33. The standard InChI is InChI=1S/C11H14N3P/c1-3-14(8-12)11(15)6-10-5-4-9(2)13-7-10/h4-5,7,15H,3,6H2,1-2H3. The number of aryl methyl sites for hydroxylation is 1. The van der Waals surface area contributed by atoms with Crippen molar-refractivity contribution in [3.8, 4) is 6.19 Å². The highest BCUT2D eigenvalue weighted by Crippen LogP contribution is 2.04. The molecule has 0 aliphatic carbocycles. The first kappa shape index (κ1) is 11.7. The second-order valence-electron chi connectivity index (χ2n) is 3.28. The molecule has 3 nitrogen and oxygen atoms in total. The van der Waals surface area contributed by atoms with E-state index in [1.807, 2.05) is 32.2 Å². The molecule has 0 unspecified atom stereocenters.